The van der Waals surface area contributed by atoms with Gasteiger partial charge in [0, 0.05) is 22.3 Å². The molecule has 1 aliphatic rings. The standard InChI is InChI=1S/C11H12Cl2N2S/c12-9-2-1-8(10(13)7-9)3-4-14-11-15-5-6-16-11/h1-2,7H,3-6H2,(H,14,15). The molecule has 0 radical (unpaired) electrons. The molecule has 0 fully saturated rings. The summed E-state index contributed by atoms with van der Waals surface area (Å²) in [5, 5.41) is 5.75. The average molecular weight is 275 g/mol. The highest BCUT2D eigenvalue weighted by Crippen LogP contribution is 2.21. The minimum absolute atomic E-state index is 0.678. The van der Waals surface area contributed by atoms with Crippen LogP contribution in [0.15, 0.2) is 23.2 Å². The van der Waals surface area contributed by atoms with Gasteiger partial charge in [0.25, 0.3) is 0 Å². The van der Waals surface area contributed by atoms with Crippen LogP contribution in [0, 0.1) is 0 Å². The van der Waals surface area contributed by atoms with E-state index in [-0.39, 0.29) is 0 Å². The normalized spacial score (nSPS) is 15.0. The number of nitrogens with zero attached hydrogens (tertiary/aromatic N) is 1. The third-order valence-corrected chi connectivity index (χ3v) is 3.79. The first-order valence-corrected chi connectivity index (χ1v) is 6.85. The highest BCUT2D eigenvalue weighted by Gasteiger charge is 2.06. The first kappa shape index (κ1) is 12.1. The van der Waals surface area contributed by atoms with Crippen LogP contribution in [0.5, 0.6) is 0 Å². The maximum atomic E-state index is 6.08. The Labute approximate surface area is 109 Å². The maximum absolute atomic E-state index is 6.08. The van der Waals surface area contributed by atoms with Crippen LogP contribution in [0.25, 0.3) is 0 Å². The summed E-state index contributed by atoms with van der Waals surface area (Å²) in [6, 6.07) is 5.61. The van der Waals surface area contributed by atoms with Crippen molar-refractivity contribution in [1.29, 1.82) is 0 Å². The lowest BCUT2D eigenvalue weighted by Gasteiger charge is -2.06. The molecule has 0 saturated heterocycles. The van der Waals surface area contributed by atoms with Gasteiger partial charge in [-0.3, -0.25) is 4.99 Å². The van der Waals surface area contributed by atoms with Gasteiger partial charge in [0.2, 0.25) is 0 Å². The van der Waals surface area contributed by atoms with E-state index < -0.39 is 0 Å². The zero-order valence-electron chi connectivity index (χ0n) is 8.67. The predicted octanol–water partition coefficient (Wildman–Crippen LogP) is 3.23. The molecule has 0 unspecified atom stereocenters. The van der Waals surface area contributed by atoms with Crippen LogP contribution < -0.4 is 5.32 Å². The first-order chi connectivity index (χ1) is 7.75. The van der Waals surface area contributed by atoms with Crippen LogP contribution >= 0.6 is 35.0 Å². The number of rotatable bonds is 3. The fraction of sp³-hybridized carbons (Fsp3) is 0.364. The molecule has 1 aliphatic heterocycles. The molecule has 0 aliphatic carbocycles. The SMILES string of the molecule is Clc1ccc(CCNC2=NCCS2)c(Cl)c1. The lowest BCUT2D eigenvalue weighted by atomic mass is 10.1. The summed E-state index contributed by atoms with van der Waals surface area (Å²) in [6.07, 6.45) is 0.885. The summed E-state index contributed by atoms with van der Waals surface area (Å²) in [6.45, 7) is 1.78. The van der Waals surface area contributed by atoms with Crippen molar-refractivity contribution in [3.8, 4) is 0 Å². The van der Waals surface area contributed by atoms with Crippen molar-refractivity contribution < 1.29 is 0 Å². The van der Waals surface area contributed by atoms with E-state index >= 15 is 0 Å². The second-order valence-corrected chi connectivity index (χ2v) is 5.38. The monoisotopic (exact) mass is 274 g/mol. The summed E-state index contributed by atoms with van der Waals surface area (Å²) in [4.78, 5) is 4.32. The maximum Gasteiger partial charge on any atom is 0.156 e. The zero-order valence-corrected chi connectivity index (χ0v) is 11.0. The lowest BCUT2D eigenvalue weighted by Crippen LogP contribution is -2.21. The molecule has 16 heavy (non-hydrogen) atoms. The van der Waals surface area contributed by atoms with Crippen molar-refractivity contribution in [3.05, 3.63) is 33.8 Å². The number of amidine groups is 1. The van der Waals surface area contributed by atoms with Crippen molar-refractivity contribution in [1.82, 2.24) is 5.32 Å². The molecule has 0 saturated carbocycles. The Balaban J connectivity index is 1.84. The Hall–Kier alpha value is -0.380. The minimum atomic E-state index is 0.678. The third kappa shape index (κ3) is 3.30. The average Bonchev–Trinajstić information content (AvgIpc) is 2.74. The van der Waals surface area contributed by atoms with E-state index in [2.05, 4.69) is 10.3 Å². The highest BCUT2D eigenvalue weighted by molar-refractivity contribution is 8.14. The summed E-state index contributed by atoms with van der Waals surface area (Å²) >= 11 is 13.7. The molecule has 2 rings (SSSR count). The molecule has 0 atom stereocenters. The van der Waals surface area contributed by atoms with E-state index in [1.807, 2.05) is 12.1 Å². The summed E-state index contributed by atoms with van der Waals surface area (Å²) in [5.74, 6) is 1.09. The van der Waals surface area contributed by atoms with Gasteiger partial charge in [-0.15, -0.1) is 0 Å². The van der Waals surface area contributed by atoms with Crippen LogP contribution in [0.4, 0.5) is 0 Å². The quantitative estimate of drug-likeness (QED) is 0.915. The van der Waals surface area contributed by atoms with Crippen molar-refractivity contribution >= 4 is 40.1 Å². The van der Waals surface area contributed by atoms with Gasteiger partial charge in [0.15, 0.2) is 5.17 Å². The van der Waals surface area contributed by atoms with Crippen LogP contribution in [0.3, 0.4) is 0 Å². The number of thioether (sulfide) groups is 1. The third-order valence-electron chi connectivity index (χ3n) is 2.27. The lowest BCUT2D eigenvalue weighted by molar-refractivity contribution is 0.872. The van der Waals surface area contributed by atoms with Gasteiger partial charge in [-0.1, -0.05) is 41.0 Å². The molecule has 0 spiro atoms. The number of aliphatic imine (C=N–C) groups is 1. The number of nitrogens with one attached hydrogen (secondary N) is 1. The van der Waals surface area contributed by atoms with E-state index in [0.29, 0.717) is 5.02 Å². The van der Waals surface area contributed by atoms with E-state index in [0.717, 1.165) is 41.0 Å². The molecule has 1 N–H and O–H groups in total. The molecule has 0 amide bonds. The van der Waals surface area contributed by atoms with E-state index in [4.69, 9.17) is 23.2 Å². The Morgan fingerprint density at radius 1 is 1.38 bits per heavy atom. The fourth-order valence-corrected chi connectivity index (χ4v) is 2.74. The Morgan fingerprint density at radius 2 is 2.25 bits per heavy atom. The van der Waals surface area contributed by atoms with Crippen LogP contribution in [-0.4, -0.2) is 24.0 Å². The fourth-order valence-electron chi connectivity index (χ4n) is 1.47. The second kappa shape index (κ2) is 5.80. The second-order valence-electron chi connectivity index (χ2n) is 3.45. The largest absolute Gasteiger partial charge is 0.365 e. The van der Waals surface area contributed by atoms with Gasteiger partial charge >= 0.3 is 0 Å². The number of hydrogen-bond acceptors (Lipinski definition) is 3. The predicted molar refractivity (Wildman–Crippen MR) is 72.9 cm³/mol. The van der Waals surface area contributed by atoms with Crippen molar-refractivity contribution in [2.24, 2.45) is 4.99 Å². The molecule has 2 nitrogen and oxygen atoms in total. The van der Waals surface area contributed by atoms with Crippen molar-refractivity contribution in [2.45, 2.75) is 6.42 Å². The van der Waals surface area contributed by atoms with E-state index in [1.54, 1.807) is 17.8 Å². The van der Waals surface area contributed by atoms with Crippen LogP contribution in [-0.2, 0) is 6.42 Å². The Bertz CT molecular complexity index is 407. The molecule has 1 aromatic carbocycles. The molecule has 1 aromatic rings. The Kier molecular flexibility index (Phi) is 4.38. The summed E-state index contributed by atoms with van der Waals surface area (Å²) in [7, 11) is 0. The topological polar surface area (TPSA) is 24.4 Å². The van der Waals surface area contributed by atoms with Gasteiger partial charge in [0.05, 0.1) is 6.54 Å². The van der Waals surface area contributed by atoms with Gasteiger partial charge in [-0.05, 0) is 24.1 Å². The molecule has 0 aromatic heterocycles. The van der Waals surface area contributed by atoms with Crippen molar-refractivity contribution in [2.75, 3.05) is 18.8 Å². The molecule has 86 valence electrons. The Morgan fingerprint density at radius 3 is 2.94 bits per heavy atom. The van der Waals surface area contributed by atoms with Gasteiger partial charge in [-0.2, -0.15) is 0 Å². The number of halogens is 2. The first-order valence-electron chi connectivity index (χ1n) is 5.11. The summed E-state index contributed by atoms with van der Waals surface area (Å²) in [5.41, 5.74) is 1.11. The van der Waals surface area contributed by atoms with Gasteiger partial charge in [-0.25, -0.2) is 0 Å². The van der Waals surface area contributed by atoms with Gasteiger partial charge < -0.3 is 5.32 Å². The van der Waals surface area contributed by atoms with E-state index in [9.17, 15) is 0 Å². The molecule has 1 heterocycles. The smallest absolute Gasteiger partial charge is 0.156 e. The molecule has 5 heteroatoms. The molecule has 0 bridgehead atoms. The number of hydrogen-bond donors (Lipinski definition) is 1. The van der Waals surface area contributed by atoms with E-state index in [1.165, 1.54) is 0 Å². The minimum Gasteiger partial charge on any atom is -0.365 e. The van der Waals surface area contributed by atoms with Crippen molar-refractivity contribution in [3.63, 3.8) is 0 Å². The zero-order chi connectivity index (χ0) is 11.4. The van der Waals surface area contributed by atoms with Crippen LogP contribution in [0.2, 0.25) is 10.0 Å². The number of benzene rings is 1. The highest BCUT2D eigenvalue weighted by atomic mass is 35.5. The molecular weight excluding hydrogens is 263 g/mol. The summed E-state index contributed by atoms with van der Waals surface area (Å²) < 4.78 is 0. The molecular formula is C11H12Cl2N2S. The van der Waals surface area contributed by atoms with Crippen LogP contribution in [0.1, 0.15) is 5.56 Å². The van der Waals surface area contributed by atoms with Gasteiger partial charge in [0.1, 0.15) is 0 Å².